The lowest BCUT2D eigenvalue weighted by Gasteiger charge is -2.34. The molecule has 0 aromatic heterocycles. The molecule has 27 heavy (non-hydrogen) atoms. The van der Waals surface area contributed by atoms with Crippen molar-refractivity contribution in [1.29, 1.82) is 0 Å². The number of hydrogen-bond donors (Lipinski definition) is 0. The zero-order valence-electron chi connectivity index (χ0n) is 15.0. The molecule has 0 radical (unpaired) electrons. The van der Waals surface area contributed by atoms with E-state index in [0.29, 0.717) is 27.4 Å². The van der Waals surface area contributed by atoms with Crippen molar-refractivity contribution >= 4 is 23.5 Å². The van der Waals surface area contributed by atoms with E-state index in [1.807, 2.05) is 6.07 Å². The van der Waals surface area contributed by atoms with E-state index in [9.17, 15) is 14.0 Å². The number of halogens is 2. The molecule has 2 aromatic carbocycles. The maximum Gasteiger partial charge on any atom is 0.336 e. The molecule has 1 aliphatic heterocycles. The molecule has 140 valence electrons. The number of benzene rings is 2. The fourth-order valence-corrected chi connectivity index (χ4v) is 3.69. The summed E-state index contributed by atoms with van der Waals surface area (Å²) < 4.78 is 18.5. The maximum atomic E-state index is 13.5. The molecular weight excluding hydrogens is 369 g/mol. The fraction of sp³-hybridized carbons (Fsp3) is 0.238. The van der Waals surface area contributed by atoms with E-state index in [4.69, 9.17) is 16.3 Å². The van der Waals surface area contributed by atoms with Crippen molar-refractivity contribution in [2.75, 3.05) is 7.11 Å². The van der Waals surface area contributed by atoms with Crippen LogP contribution in [0.5, 0.6) is 0 Å². The average Bonchev–Trinajstić information content (AvgIpc) is 2.64. The first kappa shape index (κ1) is 19.1. The van der Waals surface area contributed by atoms with E-state index in [2.05, 4.69) is 0 Å². The zero-order chi connectivity index (χ0) is 19.6. The van der Waals surface area contributed by atoms with Crippen molar-refractivity contribution in [3.63, 3.8) is 0 Å². The van der Waals surface area contributed by atoms with Gasteiger partial charge >= 0.3 is 5.97 Å². The number of esters is 1. The summed E-state index contributed by atoms with van der Waals surface area (Å²) in [6.45, 7) is 1.88. The minimum absolute atomic E-state index is 0.0841. The summed E-state index contributed by atoms with van der Waals surface area (Å²) in [5, 5.41) is 0.489. The number of amides is 1. The van der Waals surface area contributed by atoms with Crippen LogP contribution in [0.4, 0.5) is 4.39 Å². The molecule has 6 heteroatoms. The Morgan fingerprint density at radius 1 is 1.26 bits per heavy atom. The average molecular weight is 388 g/mol. The molecule has 1 heterocycles. The number of rotatable bonds is 4. The van der Waals surface area contributed by atoms with Crippen LogP contribution in [0.1, 0.15) is 30.4 Å². The number of ether oxygens (including phenoxy) is 1. The number of allylic oxidation sites excluding steroid dienone is 1. The third-order valence-electron chi connectivity index (χ3n) is 4.74. The van der Waals surface area contributed by atoms with Gasteiger partial charge in [-0.15, -0.1) is 0 Å². The highest BCUT2D eigenvalue weighted by Crippen LogP contribution is 2.40. The van der Waals surface area contributed by atoms with Gasteiger partial charge in [0.2, 0.25) is 5.91 Å². The number of methoxy groups -OCH3 is 1. The standard InChI is InChI=1S/C21H19ClFNO3/c1-13-20(21(26)27-2)17(16-8-3-4-9-18(16)22)11-19(25)24(13)12-14-6-5-7-15(23)10-14/h3-10,17H,11-12H2,1-2H3/t17-/m0/s1. The highest BCUT2D eigenvalue weighted by molar-refractivity contribution is 6.31. The van der Waals surface area contributed by atoms with Gasteiger partial charge in [0.05, 0.1) is 19.2 Å². The largest absolute Gasteiger partial charge is 0.466 e. The van der Waals surface area contributed by atoms with Gasteiger partial charge in [0.1, 0.15) is 5.82 Å². The zero-order valence-corrected chi connectivity index (χ0v) is 15.8. The molecule has 0 saturated carbocycles. The summed E-state index contributed by atoms with van der Waals surface area (Å²) in [4.78, 5) is 26.9. The molecule has 2 aromatic rings. The number of hydrogen-bond acceptors (Lipinski definition) is 3. The maximum absolute atomic E-state index is 13.5. The summed E-state index contributed by atoms with van der Waals surface area (Å²) in [5.41, 5.74) is 2.23. The highest BCUT2D eigenvalue weighted by atomic mass is 35.5. The summed E-state index contributed by atoms with van der Waals surface area (Å²) in [5.74, 6) is -1.52. The van der Waals surface area contributed by atoms with Crippen LogP contribution in [0, 0.1) is 5.82 Å². The van der Waals surface area contributed by atoms with E-state index in [1.165, 1.54) is 24.1 Å². The summed E-state index contributed by atoms with van der Waals surface area (Å²) in [6, 6.07) is 13.2. The van der Waals surface area contributed by atoms with Gasteiger partial charge in [0.25, 0.3) is 0 Å². The molecule has 0 aliphatic carbocycles. The monoisotopic (exact) mass is 387 g/mol. The van der Waals surface area contributed by atoms with Crippen LogP contribution < -0.4 is 0 Å². The molecule has 0 N–H and O–H groups in total. The lowest BCUT2D eigenvalue weighted by Crippen LogP contribution is -2.38. The van der Waals surface area contributed by atoms with Crippen molar-refractivity contribution in [2.24, 2.45) is 0 Å². The van der Waals surface area contributed by atoms with Gasteiger partial charge in [-0.2, -0.15) is 0 Å². The predicted molar refractivity (Wildman–Crippen MR) is 100 cm³/mol. The minimum atomic E-state index is -0.505. The molecule has 1 atom stereocenters. The third-order valence-corrected chi connectivity index (χ3v) is 5.08. The molecular formula is C21H19ClFNO3. The molecule has 0 fully saturated rings. The van der Waals surface area contributed by atoms with Crippen LogP contribution in [0.15, 0.2) is 59.8 Å². The fourth-order valence-electron chi connectivity index (χ4n) is 3.42. The van der Waals surface area contributed by atoms with Crippen molar-refractivity contribution in [2.45, 2.75) is 25.8 Å². The first-order valence-corrected chi connectivity index (χ1v) is 8.88. The Labute approximate surface area is 162 Å². The summed E-state index contributed by atoms with van der Waals surface area (Å²) in [6.07, 6.45) is 0.0841. The Morgan fingerprint density at radius 2 is 2.00 bits per heavy atom. The summed E-state index contributed by atoms with van der Waals surface area (Å²) in [7, 11) is 1.31. The molecule has 0 unspecified atom stereocenters. The molecule has 4 nitrogen and oxygen atoms in total. The minimum Gasteiger partial charge on any atom is -0.466 e. The Balaban J connectivity index is 2.05. The van der Waals surface area contributed by atoms with Crippen molar-refractivity contribution in [1.82, 2.24) is 4.90 Å². The van der Waals surface area contributed by atoms with Crippen LogP contribution in [-0.4, -0.2) is 23.9 Å². The molecule has 0 spiro atoms. The van der Waals surface area contributed by atoms with Gasteiger partial charge in [0.15, 0.2) is 0 Å². The van der Waals surface area contributed by atoms with Gasteiger partial charge in [-0.1, -0.05) is 41.9 Å². The second-order valence-corrected chi connectivity index (χ2v) is 6.79. The molecule has 1 aliphatic rings. The molecule has 0 saturated heterocycles. The van der Waals surface area contributed by atoms with Gasteiger partial charge in [0, 0.05) is 23.1 Å². The number of carbonyl (C=O) groups excluding carboxylic acids is 2. The number of nitrogens with zero attached hydrogens (tertiary/aromatic N) is 1. The first-order valence-electron chi connectivity index (χ1n) is 8.50. The Hall–Kier alpha value is -2.66. The normalized spacial score (nSPS) is 17.3. The first-order chi connectivity index (χ1) is 12.9. The van der Waals surface area contributed by atoms with Crippen molar-refractivity contribution in [3.8, 4) is 0 Å². The van der Waals surface area contributed by atoms with E-state index in [1.54, 1.807) is 37.3 Å². The quantitative estimate of drug-likeness (QED) is 0.728. The lowest BCUT2D eigenvalue weighted by molar-refractivity contribution is -0.138. The smallest absolute Gasteiger partial charge is 0.336 e. The Morgan fingerprint density at radius 3 is 2.67 bits per heavy atom. The van der Waals surface area contributed by atoms with Crippen LogP contribution in [0.3, 0.4) is 0 Å². The second kappa shape index (κ2) is 7.92. The summed E-state index contributed by atoms with van der Waals surface area (Å²) >= 11 is 6.31. The number of carbonyl (C=O) groups is 2. The van der Waals surface area contributed by atoms with Crippen molar-refractivity contribution in [3.05, 3.63) is 81.8 Å². The van der Waals surface area contributed by atoms with E-state index in [0.717, 1.165) is 0 Å². The molecule has 0 bridgehead atoms. The second-order valence-electron chi connectivity index (χ2n) is 6.38. The topological polar surface area (TPSA) is 46.6 Å². The van der Waals surface area contributed by atoms with Crippen LogP contribution >= 0.6 is 11.6 Å². The van der Waals surface area contributed by atoms with Crippen LogP contribution in [-0.2, 0) is 20.9 Å². The Kier molecular flexibility index (Phi) is 5.61. The highest BCUT2D eigenvalue weighted by Gasteiger charge is 2.37. The van der Waals surface area contributed by atoms with E-state index >= 15 is 0 Å². The molecule has 3 rings (SSSR count). The van der Waals surface area contributed by atoms with Gasteiger partial charge < -0.3 is 9.64 Å². The van der Waals surface area contributed by atoms with Gasteiger partial charge in [-0.05, 0) is 36.2 Å². The van der Waals surface area contributed by atoms with Gasteiger partial charge in [-0.3, -0.25) is 4.79 Å². The van der Waals surface area contributed by atoms with E-state index in [-0.39, 0.29) is 24.7 Å². The molecule has 1 amide bonds. The van der Waals surface area contributed by atoms with Crippen LogP contribution in [0.25, 0.3) is 0 Å². The third kappa shape index (κ3) is 3.88. The van der Waals surface area contributed by atoms with E-state index < -0.39 is 11.9 Å². The SMILES string of the molecule is COC(=O)C1=C(C)N(Cc2cccc(F)c2)C(=O)C[C@H]1c1ccccc1Cl. The van der Waals surface area contributed by atoms with Crippen molar-refractivity contribution < 1.29 is 18.7 Å². The van der Waals surface area contributed by atoms with Crippen LogP contribution in [0.2, 0.25) is 5.02 Å². The predicted octanol–water partition coefficient (Wildman–Crippen LogP) is 4.44. The lowest BCUT2D eigenvalue weighted by atomic mass is 9.83. The van der Waals surface area contributed by atoms with Gasteiger partial charge in [-0.25, -0.2) is 9.18 Å². The Bertz CT molecular complexity index is 925.